The molecule has 1 fully saturated rings. The number of morpholine rings is 1. The lowest BCUT2D eigenvalue weighted by Crippen LogP contribution is -2.43. The van der Waals surface area contributed by atoms with Crippen molar-refractivity contribution in [1.29, 1.82) is 0 Å². The summed E-state index contributed by atoms with van der Waals surface area (Å²) in [6.45, 7) is 3.16. The highest BCUT2D eigenvalue weighted by Crippen LogP contribution is 2.31. The molecule has 0 aliphatic carbocycles. The topological polar surface area (TPSA) is 41.6 Å². The van der Waals surface area contributed by atoms with E-state index in [1.54, 1.807) is 18.2 Å². The van der Waals surface area contributed by atoms with Crippen LogP contribution in [0, 0.1) is 5.82 Å². The van der Waals surface area contributed by atoms with Crippen LogP contribution < -0.4 is 5.32 Å². The summed E-state index contributed by atoms with van der Waals surface area (Å²) >= 11 is 13.1. The summed E-state index contributed by atoms with van der Waals surface area (Å²) in [5, 5.41) is 2.91. The molecule has 4 nitrogen and oxygen atoms in total. The Morgan fingerprint density at radius 2 is 1.96 bits per heavy atom. The molecule has 1 atom stereocenters. The Balaban J connectivity index is 1.74. The van der Waals surface area contributed by atoms with Gasteiger partial charge in [-0.1, -0.05) is 35.3 Å². The molecular weight excluding hydrogens is 386 g/mol. The SMILES string of the molecule is O=C(NC[C@@H](c1ccc(F)cc1)N1CCOCC1)c1cc(Cl)sc1Cl. The maximum absolute atomic E-state index is 13.2. The van der Waals surface area contributed by atoms with Crippen LogP contribution in [0.4, 0.5) is 4.39 Å². The van der Waals surface area contributed by atoms with Gasteiger partial charge in [0.05, 0.1) is 29.2 Å². The van der Waals surface area contributed by atoms with Gasteiger partial charge >= 0.3 is 0 Å². The lowest BCUT2D eigenvalue weighted by Gasteiger charge is -2.35. The number of benzene rings is 1. The van der Waals surface area contributed by atoms with E-state index in [2.05, 4.69) is 10.2 Å². The van der Waals surface area contributed by atoms with Crippen molar-refractivity contribution in [1.82, 2.24) is 10.2 Å². The number of nitrogens with one attached hydrogen (secondary N) is 1. The monoisotopic (exact) mass is 402 g/mol. The van der Waals surface area contributed by atoms with E-state index in [9.17, 15) is 9.18 Å². The lowest BCUT2D eigenvalue weighted by molar-refractivity contribution is 0.0162. The van der Waals surface area contributed by atoms with Gasteiger partial charge in [0.15, 0.2) is 0 Å². The fourth-order valence-corrected chi connectivity index (χ4v) is 4.27. The summed E-state index contributed by atoms with van der Waals surface area (Å²) in [6, 6.07) is 7.85. The molecule has 2 heterocycles. The molecule has 25 heavy (non-hydrogen) atoms. The molecule has 1 aliphatic heterocycles. The highest BCUT2D eigenvalue weighted by atomic mass is 35.5. The van der Waals surface area contributed by atoms with E-state index < -0.39 is 0 Å². The summed E-state index contributed by atoms with van der Waals surface area (Å²) in [6.07, 6.45) is 0. The third-order valence-electron chi connectivity index (χ3n) is 4.10. The van der Waals surface area contributed by atoms with Crippen LogP contribution in [-0.4, -0.2) is 43.7 Å². The Bertz CT molecular complexity index is 733. The second kappa shape index (κ2) is 8.47. The van der Waals surface area contributed by atoms with Gasteiger partial charge in [0, 0.05) is 19.6 Å². The number of ether oxygens (including phenoxy) is 1. The molecule has 2 aromatic rings. The van der Waals surface area contributed by atoms with Gasteiger partial charge < -0.3 is 10.1 Å². The predicted octanol–water partition coefficient (Wildman–Crippen LogP) is 4.00. The molecular formula is C17H17Cl2FN2O2S. The van der Waals surface area contributed by atoms with Crippen LogP contribution in [0.1, 0.15) is 22.0 Å². The maximum Gasteiger partial charge on any atom is 0.253 e. The number of thiophene rings is 1. The third kappa shape index (κ3) is 4.71. The molecule has 134 valence electrons. The van der Waals surface area contributed by atoms with Gasteiger partial charge in [-0.05, 0) is 23.8 Å². The Hall–Kier alpha value is -1.18. The number of carbonyl (C=O) groups excluding carboxylic acids is 1. The first-order valence-corrected chi connectivity index (χ1v) is 9.42. The van der Waals surface area contributed by atoms with E-state index in [-0.39, 0.29) is 17.8 Å². The van der Waals surface area contributed by atoms with Gasteiger partial charge in [0.1, 0.15) is 10.2 Å². The quantitative estimate of drug-likeness (QED) is 0.821. The van der Waals surface area contributed by atoms with E-state index in [4.69, 9.17) is 27.9 Å². The van der Waals surface area contributed by atoms with Crippen molar-refractivity contribution in [2.24, 2.45) is 0 Å². The lowest BCUT2D eigenvalue weighted by atomic mass is 10.0. The molecule has 1 aromatic heterocycles. The highest BCUT2D eigenvalue weighted by Gasteiger charge is 2.24. The molecule has 3 rings (SSSR count). The van der Waals surface area contributed by atoms with Crippen LogP contribution in [0.2, 0.25) is 8.67 Å². The third-order valence-corrected chi connectivity index (χ3v) is 5.59. The highest BCUT2D eigenvalue weighted by molar-refractivity contribution is 7.20. The Morgan fingerprint density at radius 1 is 1.28 bits per heavy atom. The number of hydrogen-bond acceptors (Lipinski definition) is 4. The molecule has 1 saturated heterocycles. The van der Waals surface area contributed by atoms with Crippen molar-refractivity contribution in [3.63, 3.8) is 0 Å². The van der Waals surface area contributed by atoms with Crippen molar-refractivity contribution >= 4 is 40.4 Å². The molecule has 0 unspecified atom stereocenters. The fourth-order valence-electron chi connectivity index (χ4n) is 2.81. The molecule has 0 radical (unpaired) electrons. The molecule has 1 amide bonds. The number of carbonyl (C=O) groups is 1. The van der Waals surface area contributed by atoms with Crippen LogP contribution in [0.15, 0.2) is 30.3 Å². The van der Waals surface area contributed by atoms with Crippen LogP contribution in [0.5, 0.6) is 0 Å². The van der Waals surface area contributed by atoms with Crippen molar-refractivity contribution < 1.29 is 13.9 Å². The van der Waals surface area contributed by atoms with Crippen molar-refractivity contribution in [3.8, 4) is 0 Å². The minimum Gasteiger partial charge on any atom is -0.379 e. The van der Waals surface area contributed by atoms with Gasteiger partial charge in [-0.15, -0.1) is 11.3 Å². The number of amides is 1. The van der Waals surface area contributed by atoms with Gasteiger partial charge in [-0.3, -0.25) is 9.69 Å². The molecule has 1 N–H and O–H groups in total. The molecule has 1 aromatic carbocycles. The van der Waals surface area contributed by atoms with Crippen LogP contribution in [0.25, 0.3) is 0 Å². The fraction of sp³-hybridized carbons (Fsp3) is 0.353. The van der Waals surface area contributed by atoms with Crippen LogP contribution in [0.3, 0.4) is 0 Å². The predicted molar refractivity (Wildman–Crippen MR) is 98.2 cm³/mol. The van der Waals surface area contributed by atoms with E-state index >= 15 is 0 Å². The van der Waals surface area contributed by atoms with Crippen LogP contribution in [-0.2, 0) is 4.74 Å². The standard InChI is InChI=1S/C17H17Cl2FN2O2S/c18-15-9-13(16(19)25-15)17(23)21-10-14(22-5-7-24-8-6-22)11-1-3-12(20)4-2-11/h1-4,9,14H,5-8,10H2,(H,21,23)/t14-/m0/s1. The van der Waals surface area contributed by atoms with Crippen LogP contribution >= 0.6 is 34.5 Å². The average Bonchev–Trinajstić information content (AvgIpc) is 2.96. The number of hydrogen-bond donors (Lipinski definition) is 1. The van der Waals surface area contributed by atoms with E-state index in [0.717, 1.165) is 30.0 Å². The first-order chi connectivity index (χ1) is 12.0. The minimum atomic E-state index is -0.284. The molecule has 0 saturated carbocycles. The zero-order chi connectivity index (χ0) is 17.8. The molecule has 1 aliphatic rings. The number of halogens is 3. The smallest absolute Gasteiger partial charge is 0.253 e. The van der Waals surface area contributed by atoms with Crippen molar-refractivity contribution in [2.45, 2.75) is 6.04 Å². The number of nitrogens with zero attached hydrogens (tertiary/aromatic N) is 1. The van der Waals surface area contributed by atoms with Gasteiger partial charge in [0.2, 0.25) is 0 Å². The second-order valence-corrected chi connectivity index (χ2v) is 7.95. The summed E-state index contributed by atoms with van der Waals surface area (Å²) < 4.78 is 19.5. The summed E-state index contributed by atoms with van der Waals surface area (Å²) in [4.78, 5) is 14.6. The van der Waals surface area contributed by atoms with E-state index in [1.165, 1.54) is 12.1 Å². The van der Waals surface area contributed by atoms with Crippen molar-refractivity contribution in [3.05, 3.63) is 55.9 Å². The molecule has 0 spiro atoms. The van der Waals surface area contributed by atoms with E-state index in [1.807, 2.05) is 0 Å². The summed E-state index contributed by atoms with van der Waals surface area (Å²) in [5.41, 5.74) is 1.31. The van der Waals surface area contributed by atoms with Gasteiger partial charge in [-0.2, -0.15) is 0 Å². The Morgan fingerprint density at radius 3 is 2.56 bits per heavy atom. The first kappa shape index (κ1) is 18.6. The first-order valence-electron chi connectivity index (χ1n) is 7.85. The minimum absolute atomic E-state index is 0.0682. The summed E-state index contributed by atoms with van der Waals surface area (Å²) in [7, 11) is 0. The van der Waals surface area contributed by atoms with E-state index in [0.29, 0.717) is 34.0 Å². The molecule has 8 heteroatoms. The number of rotatable bonds is 5. The Kier molecular flexibility index (Phi) is 6.30. The van der Waals surface area contributed by atoms with Crippen molar-refractivity contribution in [2.75, 3.05) is 32.8 Å². The normalized spacial score (nSPS) is 16.6. The summed E-state index contributed by atoms with van der Waals surface area (Å²) in [5.74, 6) is -0.554. The van der Waals surface area contributed by atoms with Gasteiger partial charge in [0.25, 0.3) is 5.91 Å². The van der Waals surface area contributed by atoms with Gasteiger partial charge in [-0.25, -0.2) is 4.39 Å². The maximum atomic E-state index is 13.2. The Labute approximate surface area is 159 Å². The average molecular weight is 403 g/mol. The largest absolute Gasteiger partial charge is 0.379 e. The molecule has 0 bridgehead atoms. The zero-order valence-corrected chi connectivity index (χ0v) is 15.6. The second-order valence-electron chi connectivity index (χ2n) is 5.66. The zero-order valence-electron chi connectivity index (χ0n) is 13.3.